The number of carbonyl (C=O) groups is 2. The van der Waals surface area contributed by atoms with Crippen molar-refractivity contribution in [3.8, 4) is 0 Å². The van der Waals surface area contributed by atoms with E-state index in [1.807, 2.05) is 6.92 Å². The summed E-state index contributed by atoms with van der Waals surface area (Å²) in [5.41, 5.74) is 2.08. The number of rotatable bonds is 11. The number of likely N-dealkylation sites (N-methyl/N-ethyl adjacent to an activating group) is 1. The van der Waals surface area contributed by atoms with Crippen molar-refractivity contribution in [2.75, 3.05) is 23.7 Å². The lowest BCUT2D eigenvalue weighted by molar-refractivity contribution is -0.140. The summed E-state index contributed by atoms with van der Waals surface area (Å²) in [4.78, 5) is 27.2. The minimum absolute atomic E-state index is 0.0724. The number of nitrogens with one attached hydrogen (secondary N) is 1. The summed E-state index contributed by atoms with van der Waals surface area (Å²) in [6.45, 7) is 6.09. The zero-order chi connectivity index (χ0) is 25.5. The number of sulfonamides is 1. The third-order valence-electron chi connectivity index (χ3n) is 5.38. The van der Waals surface area contributed by atoms with Gasteiger partial charge in [0.15, 0.2) is 0 Å². The molecule has 2 amide bonds. The second-order valence-corrected chi connectivity index (χ2v) is 10.9. The van der Waals surface area contributed by atoms with Gasteiger partial charge in [-0.1, -0.05) is 41.4 Å². The number of amides is 2. The largest absolute Gasteiger partial charge is 0.355 e. The molecule has 0 heterocycles. The van der Waals surface area contributed by atoms with Gasteiger partial charge in [-0.3, -0.25) is 13.9 Å². The number of benzene rings is 2. The molecular weight excluding hydrogens is 497 g/mol. The van der Waals surface area contributed by atoms with E-state index in [-0.39, 0.29) is 37.7 Å². The average Bonchev–Trinajstić information content (AvgIpc) is 2.77. The first kappa shape index (κ1) is 28.0. The zero-order valence-corrected chi connectivity index (χ0v) is 22.2. The quantitative estimate of drug-likeness (QED) is 0.469. The molecule has 10 heteroatoms. The van der Waals surface area contributed by atoms with E-state index in [1.165, 1.54) is 9.21 Å². The van der Waals surface area contributed by atoms with E-state index >= 15 is 0 Å². The Labute approximate surface area is 212 Å². The van der Waals surface area contributed by atoms with Crippen molar-refractivity contribution in [1.82, 2.24) is 10.2 Å². The Balaban J connectivity index is 2.18. The predicted octanol–water partition coefficient (Wildman–Crippen LogP) is 4.40. The van der Waals surface area contributed by atoms with E-state index < -0.39 is 16.1 Å². The first-order chi connectivity index (χ1) is 15.9. The molecule has 2 rings (SSSR count). The summed E-state index contributed by atoms with van der Waals surface area (Å²) in [5, 5.41) is 3.75. The maximum atomic E-state index is 13.2. The van der Waals surface area contributed by atoms with Gasteiger partial charge in [-0.05, 0) is 62.6 Å². The lowest BCUT2D eigenvalue weighted by atomic mass is 10.1. The van der Waals surface area contributed by atoms with Crippen molar-refractivity contribution in [2.24, 2.45) is 0 Å². The molecule has 0 saturated heterocycles. The van der Waals surface area contributed by atoms with Crippen LogP contribution in [0.15, 0.2) is 42.5 Å². The molecule has 0 fully saturated rings. The molecule has 1 atom stereocenters. The summed E-state index contributed by atoms with van der Waals surface area (Å²) in [7, 11) is -3.59. The van der Waals surface area contributed by atoms with E-state index in [0.29, 0.717) is 22.3 Å². The molecule has 0 saturated carbocycles. The monoisotopic (exact) mass is 527 g/mol. The Hall–Kier alpha value is -2.29. The van der Waals surface area contributed by atoms with Crippen LogP contribution in [0, 0.1) is 6.92 Å². The SMILES string of the molecule is CCNC(=O)C(C)N(Cc1ccc(Cl)cc1)C(=O)CCCN(c1cc(Cl)ccc1C)S(C)(=O)=O. The highest BCUT2D eigenvalue weighted by Crippen LogP contribution is 2.27. The van der Waals surface area contributed by atoms with E-state index in [1.54, 1.807) is 56.3 Å². The number of carbonyl (C=O) groups excluding carboxylic acids is 2. The highest BCUT2D eigenvalue weighted by atomic mass is 35.5. The molecule has 0 aliphatic carbocycles. The summed E-state index contributed by atoms with van der Waals surface area (Å²) in [6.07, 6.45) is 1.47. The van der Waals surface area contributed by atoms with Crippen LogP contribution in [-0.4, -0.2) is 50.5 Å². The molecule has 2 aromatic rings. The van der Waals surface area contributed by atoms with Gasteiger partial charge >= 0.3 is 0 Å². The summed E-state index contributed by atoms with van der Waals surface area (Å²) in [5.74, 6) is -0.498. The topological polar surface area (TPSA) is 86.8 Å². The van der Waals surface area contributed by atoms with Gasteiger partial charge in [-0.2, -0.15) is 0 Å². The third-order valence-corrected chi connectivity index (χ3v) is 7.04. The lowest BCUT2D eigenvalue weighted by Crippen LogP contribution is -2.47. The van der Waals surface area contributed by atoms with Gasteiger partial charge in [0.25, 0.3) is 0 Å². The fourth-order valence-corrected chi connectivity index (χ4v) is 4.83. The van der Waals surface area contributed by atoms with Crippen LogP contribution in [0.1, 0.15) is 37.8 Å². The molecule has 0 bridgehead atoms. The second kappa shape index (κ2) is 12.4. The van der Waals surface area contributed by atoms with Gasteiger partial charge < -0.3 is 10.2 Å². The van der Waals surface area contributed by atoms with Crippen molar-refractivity contribution in [1.29, 1.82) is 0 Å². The van der Waals surface area contributed by atoms with Crippen LogP contribution in [0.2, 0.25) is 10.0 Å². The summed E-state index contributed by atoms with van der Waals surface area (Å²) in [6, 6.07) is 11.4. The average molecular weight is 529 g/mol. The van der Waals surface area contributed by atoms with Crippen molar-refractivity contribution in [3.63, 3.8) is 0 Å². The fourth-order valence-electron chi connectivity index (χ4n) is 3.52. The van der Waals surface area contributed by atoms with Crippen LogP contribution >= 0.6 is 23.2 Å². The van der Waals surface area contributed by atoms with Crippen molar-refractivity contribution < 1.29 is 18.0 Å². The van der Waals surface area contributed by atoms with E-state index in [0.717, 1.165) is 17.4 Å². The lowest BCUT2D eigenvalue weighted by Gasteiger charge is -2.29. The molecular formula is C24H31Cl2N3O4S. The third kappa shape index (κ3) is 7.89. The second-order valence-electron chi connectivity index (χ2n) is 8.09. The molecule has 0 aromatic heterocycles. The van der Waals surface area contributed by atoms with E-state index in [9.17, 15) is 18.0 Å². The number of aryl methyl sites for hydroxylation is 1. The molecule has 186 valence electrons. The van der Waals surface area contributed by atoms with Crippen LogP contribution in [0.5, 0.6) is 0 Å². The van der Waals surface area contributed by atoms with Crippen LogP contribution in [0.3, 0.4) is 0 Å². The number of hydrogen-bond acceptors (Lipinski definition) is 4. The smallest absolute Gasteiger partial charge is 0.242 e. The first-order valence-electron chi connectivity index (χ1n) is 11.0. The normalized spacial score (nSPS) is 12.2. The van der Waals surface area contributed by atoms with Crippen molar-refractivity contribution in [2.45, 2.75) is 46.2 Å². The Kier molecular flexibility index (Phi) is 10.2. The van der Waals surface area contributed by atoms with Crippen LogP contribution in [0.4, 0.5) is 5.69 Å². The number of hydrogen-bond donors (Lipinski definition) is 1. The maximum Gasteiger partial charge on any atom is 0.242 e. The minimum atomic E-state index is -3.59. The van der Waals surface area contributed by atoms with E-state index in [4.69, 9.17) is 23.2 Å². The summed E-state index contributed by atoms with van der Waals surface area (Å²) < 4.78 is 26.2. The standard InChI is InChI=1S/C24H31Cl2N3O4S/c1-5-27-24(31)18(3)28(16-19-9-12-20(25)13-10-19)23(30)7-6-14-29(34(4,32)33)22-15-21(26)11-8-17(22)2/h8-13,15,18H,5-7,14,16H2,1-4H3,(H,27,31). The van der Waals surface area contributed by atoms with Gasteiger partial charge in [0.1, 0.15) is 6.04 Å². The van der Waals surface area contributed by atoms with Crippen LogP contribution < -0.4 is 9.62 Å². The Morgan fingerprint density at radius 1 is 1.06 bits per heavy atom. The van der Waals surface area contributed by atoms with Gasteiger partial charge in [0.2, 0.25) is 21.8 Å². The molecule has 0 aliphatic heterocycles. The predicted molar refractivity (Wildman–Crippen MR) is 138 cm³/mol. The molecule has 2 aromatic carbocycles. The number of anilines is 1. The van der Waals surface area contributed by atoms with Gasteiger partial charge in [-0.25, -0.2) is 8.42 Å². The number of halogens is 2. The highest BCUT2D eigenvalue weighted by molar-refractivity contribution is 7.92. The van der Waals surface area contributed by atoms with Crippen LogP contribution in [0.25, 0.3) is 0 Å². The molecule has 0 aliphatic rings. The molecule has 0 radical (unpaired) electrons. The highest BCUT2D eigenvalue weighted by Gasteiger charge is 2.26. The van der Waals surface area contributed by atoms with Gasteiger partial charge in [0.05, 0.1) is 11.9 Å². The molecule has 7 nitrogen and oxygen atoms in total. The molecule has 0 spiro atoms. The fraction of sp³-hybridized carbons (Fsp3) is 0.417. The van der Waals surface area contributed by atoms with Crippen molar-refractivity contribution in [3.05, 3.63) is 63.6 Å². The van der Waals surface area contributed by atoms with E-state index in [2.05, 4.69) is 5.32 Å². The first-order valence-corrected chi connectivity index (χ1v) is 13.6. The van der Waals surface area contributed by atoms with Crippen molar-refractivity contribution >= 4 is 50.7 Å². The minimum Gasteiger partial charge on any atom is -0.355 e. The molecule has 1 N–H and O–H groups in total. The summed E-state index contributed by atoms with van der Waals surface area (Å²) >= 11 is 12.1. The van der Waals surface area contributed by atoms with Gasteiger partial charge in [0, 0.05) is 36.1 Å². The maximum absolute atomic E-state index is 13.2. The molecule has 34 heavy (non-hydrogen) atoms. The van der Waals surface area contributed by atoms with Crippen LogP contribution in [-0.2, 0) is 26.2 Å². The Morgan fingerprint density at radius 2 is 1.68 bits per heavy atom. The zero-order valence-electron chi connectivity index (χ0n) is 19.8. The Morgan fingerprint density at radius 3 is 2.26 bits per heavy atom. The Bertz CT molecular complexity index is 1110. The molecule has 1 unspecified atom stereocenters. The van der Waals surface area contributed by atoms with Gasteiger partial charge in [-0.15, -0.1) is 0 Å². The number of nitrogens with zero attached hydrogens (tertiary/aromatic N) is 2.